The van der Waals surface area contributed by atoms with E-state index in [0.717, 1.165) is 0 Å². The average molecular weight is 604 g/mol. The molecule has 0 saturated carbocycles. The molecule has 0 atom stereocenters. The van der Waals surface area contributed by atoms with Crippen LogP contribution in [0.3, 0.4) is 0 Å². The van der Waals surface area contributed by atoms with Crippen LogP contribution in [0.2, 0.25) is 13.1 Å². The van der Waals surface area contributed by atoms with Crippen molar-refractivity contribution in [2.45, 2.75) is 20.0 Å². The first-order valence-corrected chi connectivity index (χ1v) is 18.0. The third kappa shape index (κ3) is 3.84. The first-order valence-electron chi connectivity index (χ1n) is 12.5. The Labute approximate surface area is 241 Å². The van der Waals surface area contributed by atoms with Gasteiger partial charge in [-0.2, -0.15) is 0 Å². The quantitative estimate of drug-likeness (QED) is 0.180. The van der Waals surface area contributed by atoms with E-state index in [2.05, 4.69) is 111 Å². The van der Waals surface area contributed by atoms with Gasteiger partial charge >= 0.3 is 213 Å². The second-order valence-electron chi connectivity index (χ2n) is 10.0. The molecule has 174 valence electrons. The third-order valence-corrected chi connectivity index (χ3v) is 12.3. The van der Waals surface area contributed by atoms with Crippen molar-refractivity contribution in [3.63, 3.8) is 0 Å². The number of allylic oxidation sites excluding steroid dienone is 3. The van der Waals surface area contributed by atoms with Crippen molar-refractivity contribution in [1.82, 2.24) is 0 Å². The fourth-order valence-corrected chi connectivity index (χ4v) is 10.3. The van der Waals surface area contributed by atoms with E-state index in [4.69, 9.17) is 0 Å². The zero-order valence-corrected chi connectivity index (χ0v) is 26.1. The molecule has 0 fully saturated rings. The first kappa shape index (κ1) is 23.7. The van der Waals surface area contributed by atoms with E-state index in [1.807, 2.05) is 22.7 Å². The Morgan fingerprint density at radius 3 is 2.24 bits per heavy atom. The number of benzene rings is 3. The second kappa shape index (κ2) is 9.13. The predicted octanol–water partition coefficient (Wildman–Crippen LogP) is 9.34. The molecule has 0 spiro atoms. The zero-order valence-electron chi connectivity index (χ0n) is 21.0. The van der Waals surface area contributed by atoms with Crippen LogP contribution in [-0.2, 0) is 24.2 Å². The minimum absolute atomic E-state index is 0.416. The Morgan fingerprint density at radius 2 is 1.46 bits per heavy atom. The van der Waals surface area contributed by atoms with Gasteiger partial charge < -0.3 is 0 Å². The van der Waals surface area contributed by atoms with Crippen LogP contribution in [0.5, 0.6) is 0 Å². The Hall–Kier alpha value is -2.36. The topological polar surface area (TPSA) is 0 Å². The molecule has 7 rings (SSSR count). The van der Waals surface area contributed by atoms with Gasteiger partial charge in [-0.05, 0) is 0 Å². The van der Waals surface area contributed by atoms with E-state index in [1.165, 1.54) is 102 Å². The standard InChI is InChI=1S/C33H24S2Si.Zr/c1-20-15-27-32-24(22-9-5-4-6-10-22)12-8-14-29(32)35-33(27)25(20)18-23-11-7-13-28-31(23)26-16-21(19-36(2)3)17-30(26)34-28;/h4-16,18-19H,1-3H3;/q;+2. The van der Waals surface area contributed by atoms with Crippen molar-refractivity contribution in [3.05, 3.63) is 104 Å². The van der Waals surface area contributed by atoms with Crippen molar-refractivity contribution in [1.29, 1.82) is 0 Å². The molecule has 0 N–H and O–H groups in total. The van der Waals surface area contributed by atoms with Gasteiger partial charge in [0, 0.05) is 0 Å². The van der Waals surface area contributed by atoms with E-state index in [9.17, 15) is 0 Å². The molecule has 5 aromatic rings. The first-order chi connectivity index (χ1) is 18.0. The summed E-state index contributed by atoms with van der Waals surface area (Å²) in [7, 11) is -0.416. The van der Waals surface area contributed by atoms with Crippen molar-refractivity contribution < 1.29 is 24.2 Å². The molecular weight excluding hydrogens is 580 g/mol. The predicted molar refractivity (Wildman–Crippen MR) is 166 cm³/mol. The molecule has 0 bridgehead atoms. The molecule has 2 heterocycles. The van der Waals surface area contributed by atoms with Crippen LogP contribution in [0.4, 0.5) is 0 Å². The van der Waals surface area contributed by atoms with Crippen molar-refractivity contribution in [3.8, 4) is 11.1 Å². The molecule has 3 aromatic carbocycles. The van der Waals surface area contributed by atoms with Gasteiger partial charge in [0.25, 0.3) is 0 Å². The van der Waals surface area contributed by atoms with E-state index < -0.39 is 8.41 Å². The van der Waals surface area contributed by atoms with Crippen LogP contribution < -0.4 is 0 Å². The number of thiophene rings is 2. The zero-order chi connectivity index (χ0) is 25.3. The van der Waals surface area contributed by atoms with Crippen LogP contribution >= 0.6 is 22.7 Å². The van der Waals surface area contributed by atoms with Crippen LogP contribution in [-0.4, -0.2) is 17.3 Å². The number of hydrogen-bond donors (Lipinski definition) is 0. The van der Waals surface area contributed by atoms with E-state index in [1.54, 1.807) is 0 Å². The Kier molecular flexibility index (Phi) is 5.86. The normalized spacial score (nSPS) is 15.4. The number of rotatable bonds is 3. The molecule has 37 heavy (non-hydrogen) atoms. The van der Waals surface area contributed by atoms with Gasteiger partial charge in [0.05, 0.1) is 0 Å². The van der Waals surface area contributed by atoms with Crippen LogP contribution in [0.1, 0.15) is 33.4 Å². The summed E-state index contributed by atoms with van der Waals surface area (Å²) in [6, 6.07) is 24.4. The van der Waals surface area contributed by atoms with Gasteiger partial charge in [0.15, 0.2) is 0 Å². The average Bonchev–Trinajstić information content (AvgIpc) is 3.60. The van der Waals surface area contributed by atoms with E-state index >= 15 is 0 Å². The minimum atomic E-state index is -0.416. The van der Waals surface area contributed by atoms with Gasteiger partial charge in [-0.3, -0.25) is 0 Å². The van der Waals surface area contributed by atoms with Gasteiger partial charge in [-0.25, -0.2) is 0 Å². The molecule has 2 aromatic heterocycles. The van der Waals surface area contributed by atoms with Crippen LogP contribution in [0.15, 0.2) is 77.9 Å². The van der Waals surface area contributed by atoms with Gasteiger partial charge in [-0.15, -0.1) is 0 Å². The fourth-order valence-electron chi connectivity index (χ4n) is 5.60. The SMILES string of the molecule is CC1=Cc2c(sc3cccc(-c4ccccc4)c23)C1=Cc1cccc2sc3c(c12)C=C(C=[Si](C)C)[C]3=[Zr+2]. The summed E-state index contributed by atoms with van der Waals surface area (Å²) < 4.78 is 4.30. The van der Waals surface area contributed by atoms with Gasteiger partial charge in [0.2, 0.25) is 0 Å². The number of hydrogen-bond acceptors (Lipinski definition) is 2. The molecule has 0 aliphatic heterocycles. The molecule has 0 unspecified atom stereocenters. The number of fused-ring (bicyclic) bond motifs is 6. The monoisotopic (exact) mass is 602 g/mol. The summed E-state index contributed by atoms with van der Waals surface area (Å²) in [5, 5.41) is 2.81. The second-order valence-corrected chi connectivity index (χ2v) is 15.8. The van der Waals surface area contributed by atoms with Crippen molar-refractivity contribution in [2.24, 2.45) is 0 Å². The molecule has 0 radical (unpaired) electrons. The summed E-state index contributed by atoms with van der Waals surface area (Å²) in [5.41, 5.74) is 13.5. The van der Waals surface area contributed by atoms with Crippen LogP contribution in [0, 0.1) is 0 Å². The van der Waals surface area contributed by atoms with E-state index in [0.29, 0.717) is 0 Å². The van der Waals surface area contributed by atoms with Crippen molar-refractivity contribution in [2.75, 3.05) is 0 Å². The maximum atomic E-state index is 2.52. The van der Waals surface area contributed by atoms with Crippen LogP contribution in [0.25, 0.3) is 55.1 Å². The summed E-state index contributed by atoms with van der Waals surface area (Å²) >= 11 is 5.42. The third-order valence-electron chi connectivity index (χ3n) is 7.21. The molecule has 2 aliphatic carbocycles. The van der Waals surface area contributed by atoms with Gasteiger partial charge in [-0.1, -0.05) is 30.3 Å². The molecule has 0 nitrogen and oxygen atoms in total. The Balaban J connectivity index is 1.42. The molecular formula is C33H24S2SiZr+2. The summed E-state index contributed by atoms with van der Waals surface area (Å²) in [5.74, 6) is 0. The molecule has 0 amide bonds. The van der Waals surface area contributed by atoms with Crippen molar-refractivity contribution >= 4 is 83.9 Å². The fraction of sp³-hybridized carbons (Fsp3) is 0.0909. The summed E-state index contributed by atoms with van der Waals surface area (Å²) in [6.07, 6.45) is 7.33. The Morgan fingerprint density at radius 1 is 0.757 bits per heavy atom. The maximum absolute atomic E-state index is 2.52. The molecule has 4 heteroatoms. The Bertz CT molecular complexity index is 1900. The molecule has 0 saturated heterocycles. The summed E-state index contributed by atoms with van der Waals surface area (Å²) in [4.78, 5) is 2.89. The summed E-state index contributed by atoms with van der Waals surface area (Å²) in [6.45, 7) is 7.01. The molecule has 2 aliphatic rings. The van der Waals surface area contributed by atoms with E-state index in [-0.39, 0.29) is 0 Å². The van der Waals surface area contributed by atoms with Gasteiger partial charge in [0.1, 0.15) is 0 Å².